The van der Waals surface area contributed by atoms with Crippen LogP contribution in [-0.4, -0.2) is 12.5 Å². The van der Waals surface area contributed by atoms with Crippen molar-refractivity contribution in [3.05, 3.63) is 58.9 Å². The van der Waals surface area contributed by atoms with E-state index in [1.807, 2.05) is 6.92 Å². The molecule has 2 aromatic rings. The van der Waals surface area contributed by atoms with Crippen LogP contribution in [-0.2, 0) is 0 Å². The van der Waals surface area contributed by atoms with Crippen molar-refractivity contribution in [3.8, 4) is 0 Å². The molecule has 0 aliphatic heterocycles. The second kappa shape index (κ2) is 7.86. The number of aryl methyl sites for hydroxylation is 1. The lowest BCUT2D eigenvalue weighted by Crippen LogP contribution is -2.25. The Morgan fingerprint density at radius 3 is 2.50 bits per heavy atom. The lowest BCUT2D eigenvalue weighted by Gasteiger charge is -2.14. The number of hydrogen-bond donors (Lipinski definition) is 2. The van der Waals surface area contributed by atoms with Crippen LogP contribution in [0.5, 0.6) is 0 Å². The summed E-state index contributed by atoms with van der Waals surface area (Å²) in [7, 11) is 0. The number of carbonyl (C=O) groups excluding carboxylic acids is 1. The van der Waals surface area contributed by atoms with Crippen molar-refractivity contribution < 1.29 is 18.0 Å². The van der Waals surface area contributed by atoms with Crippen molar-refractivity contribution in [3.63, 3.8) is 0 Å². The molecule has 6 heteroatoms. The molecule has 0 heterocycles. The van der Waals surface area contributed by atoms with Gasteiger partial charge in [0.2, 0.25) is 0 Å². The Bertz CT molecular complexity index is 747. The summed E-state index contributed by atoms with van der Waals surface area (Å²) in [6.45, 7) is 4.10. The number of halogens is 3. The average Bonchev–Trinajstić information content (AvgIpc) is 2.54. The first-order chi connectivity index (χ1) is 11.4. The summed E-state index contributed by atoms with van der Waals surface area (Å²) in [6.07, 6.45) is 1.66. The quantitative estimate of drug-likeness (QED) is 0.752. The van der Waals surface area contributed by atoms with E-state index in [9.17, 15) is 18.0 Å². The molecule has 1 amide bonds. The first-order valence-corrected chi connectivity index (χ1v) is 7.73. The van der Waals surface area contributed by atoms with Gasteiger partial charge < -0.3 is 10.6 Å². The van der Waals surface area contributed by atoms with Gasteiger partial charge in [0, 0.05) is 6.54 Å². The van der Waals surface area contributed by atoms with E-state index in [1.165, 1.54) is 18.2 Å². The Balaban J connectivity index is 2.36. The molecule has 2 aromatic carbocycles. The molecule has 0 fully saturated rings. The fourth-order valence-corrected chi connectivity index (χ4v) is 2.19. The number of rotatable bonds is 6. The van der Waals surface area contributed by atoms with Crippen LogP contribution in [0.2, 0.25) is 0 Å². The van der Waals surface area contributed by atoms with Gasteiger partial charge in [-0.2, -0.15) is 0 Å². The summed E-state index contributed by atoms with van der Waals surface area (Å²) in [6, 6.07) is 6.35. The number of carbonyl (C=O) groups is 1. The Morgan fingerprint density at radius 2 is 1.83 bits per heavy atom. The van der Waals surface area contributed by atoms with E-state index < -0.39 is 23.4 Å². The Morgan fingerprint density at radius 1 is 1.08 bits per heavy atom. The second-order valence-electron chi connectivity index (χ2n) is 5.50. The van der Waals surface area contributed by atoms with Crippen molar-refractivity contribution in [2.75, 3.05) is 11.9 Å². The highest BCUT2D eigenvalue weighted by Gasteiger charge is 2.19. The molecule has 128 valence electrons. The molecule has 0 radical (unpaired) electrons. The van der Waals surface area contributed by atoms with Crippen LogP contribution in [0.1, 0.15) is 35.7 Å². The van der Waals surface area contributed by atoms with E-state index in [0.717, 1.165) is 18.9 Å². The van der Waals surface area contributed by atoms with Gasteiger partial charge in [0.05, 0.1) is 16.9 Å². The van der Waals surface area contributed by atoms with Crippen molar-refractivity contribution in [1.29, 1.82) is 0 Å². The molecule has 2 N–H and O–H groups in total. The maximum atomic E-state index is 14.2. The minimum atomic E-state index is -1.22. The number of amides is 1. The van der Waals surface area contributed by atoms with E-state index >= 15 is 0 Å². The summed E-state index contributed by atoms with van der Waals surface area (Å²) in [5.41, 5.74) is 0.194. The van der Waals surface area contributed by atoms with Gasteiger partial charge in [0.25, 0.3) is 5.91 Å². The van der Waals surface area contributed by atoms with Gasteiger partial charge >= 0.3 is 0 Å². The summed E-state index contributed by atoms with van der Waals surface area (Å²) >= 11 is 0. The third-order valence-corrected chi connectivity index (χ3v) is 3.54. The summed E-state index contributed by atoms with van der Waals surface area (Å²) < 4.78 is 41.7. The third-order valence-electron chi connectivity index (χ3n) is 3.54. The van der Waals surface area contributed by atoms with E-state index in [0.29, 0.717) is 12.1 Å². The molecular formula is C18H19F3N2O. The van der Waals surface area contributed by atoms with E-state index in [1.54, 1.807) is 13.0 Å². The summed E-state index contributed by atoms with van der Waals surface area (Å²) in [5, 5.41) is 5.13. The minimum absolute atomic E-state index is 0.0345. The minimum Gasteiger partial charge on any atom is -0.352 e. The van der Waals surface area contributed by atoms with Gasteiger partial charge in [-0.1, -0.05) is 19.4 Å². The molecule has 0 aromatic heterocycles. The smallest absolute Gasteiger partial charge is 0.253 e. The van der Waals surface area contributed by atoms with Crippen LogP contribution in [0.3, 0.4) is 0 Å². The number of unbranched alkanes of at least 4 members (excludes halogenated alkanes) is 1. The standard InChI is InChI=1S/C18H19F3N2O/c1-3-4-9-22-18(24)12-6-7-13(19)16(21)17(12)23-15-8-5-11(2)10-14(15)20/h5-8,10,23H,3-4,9H2,1-2H3,(H,22,24). The lowest BCUT2D eigenvalue weighted by atomic mass is 10.1. The van der Waals surface area contributed by atoms with Gasteiger partial charge in [-0.05, 0) is 43.2 Å². The van der Waals surface area contributed by atoms with Gasteiger partial charge in [0.1, 0.15) is 5.82 Å². The highest BCUT2D eigenvalue weighted by atomic mass is 19.2. The van der Waals surface area contributed by atoms with Crippen LogP contribution in [0.4, 0.5) is 24.5 Å². The zero-order chi connectivity index (χ0) is 17.7. The highest BCUT2D eigenvalue weighted by molar-refractivity contribution is 6.00. The van der Waals surface area contributed by atoms with Crippen molar-refractivity contribution in [1.82, 2.24) is 5.32 Å². The normalized spacial score (nSPS) is 10.5. The lowest BCUT2D eigenvalue weighted by molar-refractivity contribution is 0.0953. The summed E-state index contributed by atoms with van der Waals surface area (Å²) in [5.74, 6) is -3.50. The van der Waals surface area contributed by atoms with Crippen LogP contribution in [0.15, 0.2) is 30.3 Å². The van der Waals surface area contributed by atoms with E-state index in [2.05, 4.69) is 10.6 Å². The molecule has 0 spiro atoms. The maximum absolute atomic E-state index is 14.2. The first kappa shape index (κ1) is 17.8. The zero-order valence-electron chi connectivity index (χ0n) is 13.6. The van der Waals surface area contributed by atoms with E-state index in [4.69, 9.17) is 0 Å². The van der Waals surface area contributed by atoms with Gasteiger partial charge in [-0.15, -0.1) is 0 Å². The SMILES string of the molecule is CCCCNC(=O)c1ccc(F)c(F)c1Nc1ccc(C)cc1F. The Labute approximate surface area is 138 Å². The molecule has 0 saturated heterocycles. The van der Waals surface area contributed by atoms with E-state index in [-0.39, 0.29) is 16.9 Å². The average molecular weight is 336 g/mol. The van der Waals surface area contributed by atoms with Gasteiger partial charge in [-0.3, -0.25) is 4.79 Å². The van der Waals surface area contributed by atoms with Gasteiger partial charge in [-0.25, -0.2) is 13.2 Å². The fourth-order valence-electron chi connectivity index (χ4n) is 2.19. The van der Waals surface area contributed by atoms with Crippen LogP contribution < -0.4 is 10.6 Å². The highest BCUT2D eigenvalue weighted by Crippen LogP contribution is 2.28. The number of anilines is 2. The molecular weight excluding hydrogens is 317 g/mol. The fraction of sp³-hybridized carbons (Fsp3) is 0.278. The number of benzene rings is 2. The summed E-state index contributed by atoms with van der Waals surface area (Å²) in [4.78, 5) is 12.2. The first-order valence-electron chi connectivity index (χ1n) is 7.73. The molecule has 0 unspecified atom stereocenters. The molecule has 0 aliphatic carbocycles. The predicted octanol–water partition coefficient (Wildman–Crippen LogP) is 4.69. The Hall–Kier alpha value is -2.50. The molecule has 0 bridgehead atoms. The number of hydrogen-bond acceptors (Lipinski definition) is 2. The molecule has 0 aliphatic rings. The largest absolute Gasteiger partial charge is 0.352 e. The second-order valence-corrected chi connectivity index (χ2v) is 5.50. The topological polar surface area (TPSA) is 41.1 Å². The van der Waals surface area contributed by atoms with Crippen LogP contribution >= 0.6 is 0 Å². The molecule has 24 heavy (non-hydrogen) atoms. The molecule has 0 atom stereocenters. The van der Waals surface area contributed by atoms with Crippen LogP contribution in [0, 0.1) is 24.4 Å². The van der Waals surface area contributed by atoms with Crippen molar-refractivity contribution in [2.24, 2.45) is 0 Å². The third kappa shape index (κ3) is 4.07. The maximum Gasteiger partial charge on any atom is 0.253 e. The number of nitrogens with one attached hydrogen (secondary N) is 2. The van der Waals surface area contributed by atoms with Crippen LogP contribution in [0.25, 0.3) is 0 Å². The monoisotopic (exact) mass is 336 g/mol. The molecule has 2 rings (SSSR count). The molecule has 3 nitrogen and oxygen atoms in total. The van der Waals surface area contributed by atoms with Crippen molar-refractivity contribution in [2.45, 2.75) is 26.7 Å². The predicted molar refractivity (Wildman–Crippen MR) is 88.0 cm³/mol. The van der Waals surface area contributed by atoms with Crippen molar-refractivity contribution >= 4 is 17.3 Å². The van der Waals surface area contributed by atoms with Gasteiger partial charge in [0.15, 0.2) is 11.6 Å². The Kier molecular flexibility index (Phi) is 5.84. The zero-order valence-corrected chi connectivity index (χ0v) is 13.6. The molecule has 0 saturated carbocycles.